The number of piperidine rings is 1. The average Bonchev–Trinajstić information content (AvgIpc) is 3.65. The smallest absolute Gasteiger partial charge is 0.243 e. The van der Waals surface area contributed by atoms with E-state index in [2.05, 4.69) is 86.1 Å². The Labute approximate surface area is 286 Å². The molecule has 248 valence electrons. The zero-order valence-electron chi connectivity index (χ0n) is 27.6. The molecule has 1 aliphatic heterocycles. The molecule has 0 aliphatic carbocycles. The van der Waals surface area contributed by atoms with E-state index in [1.807, 2.05) is 67.6 Å². The molecule has 0 bridgehead atoms. The molecule has 0 saturated carbocycles. The van der Waals surface area contributed by atoms with Crippen molar-refractivity contribution in [3.8, 4) is 0 Å². The van der Waals surface area contributed by atoms with Gasteiger partial charge in [0.25, 0.3) is 0 Å². The number of hydrogen-bond acceptors (Lipinski definition) is 6. The highest BCUT2D eigenvalue weighted by Gasteiger charge is 2.31. The lowest BCUT2D eigenvalue weighted by molar-refractivity contribution is -0.132. The Morgan fingerprint density at radius 3 is 2.00 bits per heavy atom. The number of carbonyl (C=O) groups excluding carboxylic acids is 2. The molecule has 7 rings (SSSR count). The summed E-state index contributed by atoms with van der Waals surface area (Å²) in [7, 11) is 0. The number of rotatable bonds is 11. The minimum Gasteiger partial charge on any atom is -0.344 e. The molecule has 0 spiro atoms. The molecule has 2 amide bonds. The summed E-state index contributed by atoms with van der Waals surface area (Å²) in [6.45, 7) is 3.62. The van der Waals surface area contributed by atoms with Crippen LogP contribution in [0.4, 0.5) is 0 Å². The molecule has 9 nitrogen and oxygen atoms in total. The van der Waals surface area contributed by atoms with E-state index in [-0.39, 0.29) is 23.8 Å². The minimum absolute atomic E-state index is 0.0870. The summed E-state index contributed by atoms with van der Waals surface area (Å²) in [4.78, 5) is 28.1. The van der Waals surface area contributed by atoms with Gasteiger partial charge in [0.2, 0.25) is 11.8 Å². The maximum atomic E-state index is 14.5. The molecular weight excluding hydrogens is 610 g/mol. The first-order chi connectivity index (χ1) is 24.0. The van der Waals surface area contributed by atoms with E-state index in [4.69, 9.17) is 0 Å². The Bertz CT molecular complexity index is 2050. The minimum atomic E-state index is -0.793. The van der Waals surface area contributed by atoms with Crippen LogP contribution in [0.2, 0.25) is 0 Å². The second-order valence-corrected chi connectivity index (χ2v) is 13.0. The topological polar surface area (TPSA) is 114 Å². The van der Waals surface area contributed by atoms with Crippen molar-refractivity contribution >= 4 is 33.4 Å². The van der Waals surface area contributed by atoms with Gasteiger partial charge in [0.05, 0.1) is 12.1 Å². The second-order valence-electron chi connectivity index (χ2n) is 13.0. The molecule has 1 aliphatic rings. The lowest BCUT2D eigenvalue weighted by Crippen LogP contribution is -2.51. The van der Waals surface area contributed by atoms with Crippen LogP contribution in [0.15, 0.2) is 115 Å². The Morgan fingerprint density at radius 2 is 1.35 bits per heavy atom. The van der Waals surface area contributed by atoms with Crippen LogP contribution in [-0.2, 0) is 22.4 Å². The van der Waals surface area contributed by atoms with Crippen LogP contribution in [0.3, 0.4) is 0 Å². The summed E-state index contributed by atoms with van der Waals surface area (Å²) in [5, 5.41) is 27.2. The van der Waals surface area contributed by atoms with Crippen molar-refractivity contribution in [2.24, 2.45) is 5.92 Å². The van der Waals surface area contributed by atoms with Crippen molar-refractivity contribution in [1.82, 2.24) is 36.2 Å². The lowest BCUT2D eigenvalue weighted by Gasteiger charge is -2.27. The molecule has 9 heteroatoms. The van der Waals surface area contributed by atoms with E-state index in [1.54, 1.807) is 4.68 Å². The van der Waals surface area contributed by atoms with Crippen LogP contribution in [0.5, 0.6) is 0 Å². The van der Waals surface area contributed by atoms with Gasteiger partial charge >= 0.3 is 0 Å². The third-order valence-corrected chi connectivity index (χ3v) is 9.65. The Morgan fingerprint density at radius 1 is 0.755 bits per heavy atom. The van der Waals surface area contributed by atoms with Gasteiger partial charge < -0.3 is 16.0 Å². The zero-order valence-corrected chi connectivity index (χ0v) is 27.6. The number of tetrazole rings is 1. The van der Waals surface area contributed by atoms with Gasteiger partial charge in [-0.05, 0) is 81.5 Å². The van der Waals surface area contributed by atoms with Crippen molar-refractivity contribution in [3.63, 3.8) is 0 Å². The molecule has 49 heavy (non-hydrogen) atoms. The van der Waals surface area contributed by atoms with Crippen LogP contribution in [0, 0.1) is 5.92 Å². The quantitative estimate of drug-likeness (QED) is 0.165. The highest BCUT2D eigenvalue weighted by molar-refractivity contribution is 5.89. The van der Waals surface area contributed by atoms with Gasteiger partial charge in [-0.15, -0.1) is 5.10 Å². The molecule has 5 aromatic carbocycles. The third kappa shape index (κ3) is 7.52. The third-order valence-electron chi connectivity index (χ3n) is 9.65. The molecule has 3 atom stereocenters. The van der Waals surface area contributed by atoms with E-state index in [0.29, 0.717) is 18.7 Å². The first-order valence-corrected chi connectivity index (χ1v) is 17.1. The number of nitrogens with zero attached hydrogens (tertiary/aromatic N) is 4. The van der Waals surface area contributed by atoms with Crippen LogP contribution >= 0.6 is 0 Å². The number of benzene rings is 5. The predicted molar refractivity (Wildman–Crippen MR) is 192 cm³/mol. The lowest BCUT2D eigenvalue weighted by atomic mass is 9.95. The van der Waals surface area contributed by atoms with E-state index in [9.17, 15) is 9.59 Å². The van der Waals surface area contributed by atoms with Crippen molar-refractivity contribution in [2.75, 3.05) is 13.1 Å². The van der Waals surface area contributed by atoms with Crippen molar-refractivity contribution in [2.45, 2.75) is 50.7 Å². The van der Waals surface area contributed by atoms with Gasteiger partial charge in [0.1, 0.15) is 6.04 Å². The monoisotopic (exact) mass is 651 g/mol. The summed E-state index contributed by atoms with van der Waals surface area (Å²) in [6.07, 6.45) is 2.30. The SMILES string of the molecule is CC(c1ccccc1)n1nnnc1[C@@H](Cc1ccc2ccccc2c1)NC(=O)[C@@H](Cc1ccc2ccccc2c1)NC(=O)C1CCNCC1. The molecule has 1 saturated heterocycles. The second kappa shape index (κ2) is 14.8. The molecule has 2 heterocycles. The van der Waals surface area contributed by atoms with E-state index in [0.717, 1.165) is 64.2 Å². The average molecular weight is 652 g/mol. The highest BCUT2D eigenvalue weighted by Crippen LogP contribution is 2.25. The number of fused-ring (bicyclic) bond motifs is 2. The van der Waals surface area contributed by atoms with E-state index >= 15 is 0 Å². The molecular formula is C40H41N7O2. The molecule has 1 unspecified atom stereocenters. The summed E-state index contributed by atoms with van der Waals surface area (Å²) < 4.78 is 1.78. The van der Waals surface area contributed by atoms with Gasteiger partial charge in [-0.1, -0.05) is 115 Å². The number of aromatic nitrogens is 4. The summed E-state index contributed by atoms with van der Waals surface area (Å²) in [5.41, 5.74) is 3.06. The molecule has 1 fully saturated rings. The van der Waals surface area contributed by atoms with Gasteiger partial charge in [0, 0.05) is 18.8 Å². The first kappa shape index (κ1) is 32.2. The maximum Gasteiger partial charge on any atom is 0.243 e. The fraction of sp³-hybridized carbons (Fsp3) is 0.275. The number of hydrogen-bond donors (Lipinski definition) is 3. The van der Waals surface area contributed by atoms with Crippen LogP contribution < -0.4 is 16.0 Å². The van der Waals surface area contributed by atoms with E-state index < -0.39 is 12.1 Å². The molecule has 6 aromatic rings. The summed E-state index contributed by atoms with van der Waals surface area (Å²) >= 11 is 0. The first-order valence-electron chi connectivity index (χ1n) is 17.1. The standard InChI is InChI=1S/C40H41N7O2/c1-27(30-9-3-2-4-10-30)47-38(44-45-46-47)36(25-28-15-17-31-11-5-7-13-34(31)23-28)42-40(49)37(43-39(48)33-19-21-41-22-20-33)26-29-16-18-32-12-6-8-14-35(32)24-29/h2-18,23-24,27,33,36-37,41H,19-22,25-26H2,1H3,(H,42,49)(H,43,48)/t27?,36-,37-/m1/s1. The summed E-state index contributed by atoms with van der Waals surface area (Å²) in [6, 6.07) is 37.4. The van der Waals surface area contributed by atoms with Crippen LogP contribution in [0.25, 0.3) is 21.5 Å². The van der Waals surface area contributed by atoms with Gasteiger partial charge in [-0.3, -0.25) is 9.59 Å². The largest absolute Gasteiger partial charge is 0.344 e. The number of amides is 2. The van der Waals surface area contributed by atoms with Crippen molar-refractivity contribution in [3.05, 3.63) is 138 Å². The number of nitrogens with one attached hydrogen (secondary N) is 3. The zero-order chi connectivity index (χ0) is 33.6. The van der Waals surface area contributed by atoms with E-state index in [1.165, 1.54) is 0 Å². The molecule has 0 radical (unpaired) electrons. The molecule has 3 N–H and O–H groups in total. The van der Waals surface area contributed by atoms with Crippen LogP contribution in [0.1, 0.15) is 54.4 Å². The van der Waals surface area contributed by atoms with Crippen molar-refractivity contribution < 1.29 is 9.59 Å². The van der Waals surface area contributed by atoms with Crippen LogP contribution in [-0.4, -0.2) is 51.2 Å². The van der Waals surface area contributed by atoms with Gasteiger partial charge in [-0.25, -0.2) is 4.68 Å². The normalized spacial score (nSPS) is 15.4. The Balaban J connectivity index is 1.21. The number of carbonyl (C=O) groups is 2. The van der Waals surface area contributed by atoms with Gasteiger partial charge in [0.15, 0.2) is 5.82 Å². The predicted octanol–water partition coefficient (Wildman–Crippen LogP) is 5.72. The van der Waals surface area contributed by atoms with Crippen molar-refractivity contribution in [1.29, 1.82) is 0 Å². The summed E-state index contributed by atoms with van der Waals surface area (Å²) in [5.74, 6) is 0.0479. The Hall–Kier alpha value is -5.41. The fourth-order valence-electron chi connectivity index (χ4n) is 6.84. The maximum absolute atomic E-state index is 14.5. The highest BCUT2D eigenvalue weighted by atomic mass is 16.2. The molecule has 1 aromatic heterocycles. The Kier molecular flexibility index (Phi) is 9.70. The van der Waals surface area contributed by atoms with Gasteiger partial charge in [-0.2, -0.15) is 0 Å². The fourth-order valence-corrected chi connectivity index (χ4v) is 6.84.